The van der Waals surface area contributed by atoms with Crippen molar-refractivity contribution in [3.63, 3.8) is 0 Å². The minimum Gasteiger partial charge on any atom is -0.320 e. The molecule has 0 aliphatic carbocycles. The second-order valence-electron chi connectivity index (χ2n) is 5.90. The van der Waals surface area contributed by atoms with Gasteiger partial charge in [-0.1, -0.05) is 57.7 Å². The van der Waals surface area contributed by atoms with E-state index in [9.17, 15) is 4.79 Å². The summed E-state index contributed by atoms with van der Waals surface area (Å²) in [5.74, 6) is 0. The Bertz CT molecular complexity index is 458. The predicted molar refractivity (Wildman–Crippen MR) is 88.6 cm³/mol. The summed E-state index contributed by atoms with van der Waals surface area (Å²) < 4.78 is 0. The van der Waals surface area contributed by atoms with E-state index in [1.54, 1.807) is 0 Å². The summed E-state index contributed by atoms with van der Waals surface area (Å²) in [4.78, 5) is 16.7. The largest absolute Gasteiger partial charge is 0.324 e. The minimum absolute atomic E-state index is 0.195. The molecule has 0 saturated heterocycles. The first kappa shape index (κ1) is 15.9. The smallest absolute Gasteiger partial charge is 0.320 e. The number of rotatable bonds is 8. The number of amides is 2. The maximum Gasteiger partial charge on any atom is 0.324 e. The fourth-order valence-corrected chi connectivity index (χ4v) is 2.92. The maximum atomic E-state index is 12.7. The highest BCUT2D eigenvalue weighted by molar-refractivity contribution is 5.94. The van der Waals surface area contributed by atoms with Crippen LogP contribution in [0, 0.1) is 0 Å². The molecule has 21 heavy (non-hydrogen) atoms. The van der Waals surface area contributed by atoms with E-state index in [4.69, 9.17) is 0 Å². The first-order valence-corrected chi connectivity index (χ1v) is 8.42. The molecule has 3 nitrogen and oxygen atoms in total. The molecule has 0 atom stereocenters. The summed E-state index contributed by atoms with van der Waals surface area (Å²) in [6.07, 6.45) is 6.94. The van der Waals surface area contributed by atoms with Gasteiger partial charge in [-0.25, -0.2) is 4.79 Å². The summed E-state index contributed by atoms with van der Waals surface area (Å²) in [6.45, 7) is 6.88. The van der Waals surface area contributed by atoms with Gasteiger partial charge in [0.05, 0.1) is 5.69 Å². The molecule has 1 heterocycles. The molecule has 1 aliphatic heterocycles. The number of anilines is 1. The lowest BCUT2D eigenvalue weighted by molar-refractivity contribution is 0.197. The second kappa shape index (κ2) is 8.06. The Kier molecular flexibility index (Phi) is 6.09. The van der Waals surface area contributed by atoms with Crippen LogP contribution in [-0.2, 0) is 6.54 Å². The van der Waals surface area contributed by atoms with Crippen LogP contribution >= 0.6 is 0 Å². The van der Waals surface area contributed by atoms with E-state index in [2.05, 4.69) is 32.0 Å². The Morgan fingerprint density at radius 2 is 1.62 bits per heavy atom. The van der Waals surface area contributed by atoms with E-state index in [0.29, 0.717) is 0 Å². The second-order valence-corrected chi connectivity index (χ2v) is 5.90. The molecule has 1 aromatic rings. The van der Waals surface area contributed by atoms with E-state index in [1.165, 1.54) is 31.2 Å². The van der Waals surface area contributed by atoms with Crippen molar-refractivity contribution >= 4 is 11.7 Å². The lowest BCUT2D eigenvalue weighted by Crippen LogP contribution is -2.47. The number of fused-ring (bicyclic) bond motifs is 1. The number of para-hydroxylation sites is 1. The van der Waals surface area contributed by atoms with Crippen molar-refractivity contribution in [2.45, 2.75) is 58.9 Å². The van der Waals surface area contributed by atoms with Crippen molar-refractivity contribution in [2.24, 2.45) is 0 Å². The van der Waals surface area contributed by atoms with Gasteiger partial charge in [0.15, 0.2) is 0 Å². The molecule has 0 bridgehead atoms. The molecule has 0 unspecified atom stereocenters. The molecule has 1 aromatic carbocycles. The topological polar surface area (TPSA) is 23.6 Å². The molecule has 0 fully saturated rings. The number of carbonyl (C=O) groups is 1. The summed E-state index contributed by atoms with van der Waals surface area (Å²) in [7, 11) is 0. The van der Waals surface area contributed by atoms with E-state index < -0.39 is 0 Å². The van der Waals surface area contributed by atoms with Gasteiger partial charge >= 0.3 is 6.03 Å². The van der Waals surface area contributed by atoms with Gasteiger partial charge in [0.25, 0.3) is 0 Å². The van der Waals surface area contributed by atoms with Crippen molar-refractivity contribution in [1.29, 1.82) is 0 Å². The van der Waals surface area contributed by atoms with Gasteiger partial charge in [0, 0.05) is 19.6 Å². The van der Waals surface area contributed by atoms with Crippen LogP contribution in [0.15, 0.2) is 24.3 Å². The molecular weight excluding hydrogens is 260 g/mol. The van der Waals surface area contributed by atoms with Crippen molar-refractivity contribution in [3.05, 3.63) is 29.8 Å². The van der Waals surface area contributed by atoms with Crippen LogP contribution in [0.2, 0.25) is 0 Å². The number of unbranched alkanes of at least 4 members (excludes halogenated alkanes) is 4. The first-order valence-electron chi connectivity index (χ1n) is 8.42. The van der Waals surface area contributed by atoms with Gasteiger partial charge < -0.3 is 4.90 Å². The zero-order valence-electron chi connectivity index (χ0n) is 13.5. The van der Waals surface area contributed by atoms with E-state index in [-0.39, 0.29) is 6.03 Å². The molecule has 0 saturated carbocycles. The number of benzene rings is 1. The molecule has 0 N–H and O–H groups in total. The Balaban J connectivity index is 2.10. The van der Waals surface area contributed by atoms with Gasteiger partial charge in [-0.05, 0) is 24.5 Å². The minimum atomic E-state index is 0.195. The van der Waals surface area contributed by atoms with Crippen molar-refractivity contribution in [2.75, 3.05) is 18.0 Å². The number of urea groups is 1. The molecule has 2 rings (SSSR count). The zero-order valence-corrected chi connectivity index (χ0v) is 13.5. The van der Waals surface area contributed by atoms with E-state index >= 15 is 0 Å². The van der Waals surface area contributed by atoms with Gasteiger partial charge in [0.2, 0.25) is 0 Å². The normalized spacial score (nSPS) is 14.5. The fraction of sp³-hybridized carbons (Fsp3) is 0.611. The number of carbonyl (C=O) groups excluding carboxylic acids is 1. The standard InChI is InChI=1S/C18H28N2O/c1-3-5-9-13-19-15-16-11-7-8-12-17(16)20(18(19)21)14-10-6-4-2/h7-8,11-12H,3-6,9-10,13-15H2,1-2H3. The molecule has 116 valence electrons. The summed E-state index contributed by atoms with van der Waals surface area (Å²) in [5.41, 5.74) is 2.40. The van der Waals surface area contributed by atoms with Gasteiger partial charge in [-0.2, -0.15) is 0 Å². The molecule has 0 spiro atoms. The average molecular weight is 288 g/mol. The highest BCUT2D eigenvalue weighted by Gasteiger charge is 2.28. The van der Waals surface area contributed by atoms with Crippen LogP contribution in [0.3, 0.4) is 0 Å². The summed E-state index contributed by atoms with van der Waals surface area (Å²) in [5, 5.41) is 0. The molecule has 3 heteroatoms. The van der Waals surface area contributed by atoms with Crippen LogP contribution in [-0.4, -0.2) is 24.0 Å². The lowest BCUT2D eigenvalue weighted by Gasteiger charge is -2.37. The Morgan fingerprint density at radius 3 is 2.33 bits per heavy atom. The number of hydrogen-bond acceptors (Lipinski definition) is 1. The quantitative estimate of drug-likeness (QED) is 0.630. The molecule has 0 aromatic heterocycles. The Morgan fingerprint density at radius 1 is 0.952 bits per heavy atom. The molecule has 1 aliphatic rings. The molecular formula is C18H28N2O. The summed E-state index contributed by atoms with van der Waals surface area (Å²) >= 11 is 0. The van der Waals surface area contributed by atoms with E-state index in [1.807, 2.05) is 15.9 Å². The monoisotopic (exact) mass is 288 g/mol. The van der Waals surface area contributed by atoms with Gasteiger partial charge in [-0.15, -0.1) is 0 Å². The predicted octanol–water partition coefficient (Wildman–Crippen LogP) is 4.81. The van der Waals surface area contributed by atoms with Crippen molar-refractivity contribution < 1.29 is 4.79 Å². The number of nitrogens with zero attached hydrogens (tertiary/aromatic N) is 2. The fourth-order valence-electron chi connectivity index (χ4n) is 2.92. The van der Waals surface area contributed by atoms with Crippen LogP contribution in [0.25, 0.3) is 0 Å². The van der Waals surface area contributed by atoms with Crippen molar-refractivity contribution in [1.82, 2.24) is 4.90 Å². The lowest BCUT2D eigenvalue weighted by atomic mass is 10.1. The van der Waals surface area contributed by atoms with Crippen LogP contribution in [0.1, 0.15) is 57.9 Å². The third-order valence-corrected chi connectivity index (χ3v) is 4.16. The Labute approximate surface area is 128 Å². The summed E-state index contributed by atoms with van der Waals surface area (Å²) in [6, 6.07) is 8.54. The van der Waals surface area contributed by atoms with Gasteiger partial charge in [-0.3, -0.25) is 4.90 Å². The zero-order chi connectivity index (χ0) is 15.1. The SMILES string of the molecule is CCCCCN1Cc2ccccc2N(CCCCC)C1=O. The highest BCUT2D eigenvalue weighted by atomic mass is 16.2. The van der Waals surface area contributed by atoms with E-state index in [0.717, 1.165) is 38.2 Å². The average Bonchev–Trinajstić information content (AvgIpc) is 2.50. The third kappa shape index (κ3) is 3.99. The molecule has 0 radical (unpaired) electrons. The number of hydrogen-bond donors (Lipinski definition) is 0. The first-order chi connectivity index (χ1) is 10.3. The maximum absolute atomic E-state index is 12.7. The van der Waals surface area contributed by atoms with Crippen LogP contribution in [0.4, 0.5) is 10.5 Å². The van der Waals surface area contributed by atoms with Crippen LogP contribution < -0.4 is 4.90 Å². The molecule has 2 amide bonds. The van der Waals surface area contributed by atoms with Crippen LogP contribution in [0.5, 0.6) is 0 Å². The Hall–Kier alpha value is -1.51. The van der Waals surface area contributed by atoms with Crippen molar-refractivity contribution in [3.8, 4) is 0 Å². The highest BCUT2D eigenvalue weighted by Crippen LogP contribution is 2.29. The van der Waals surface area contributed by atoms with Gasteiger partial charge in [0.1, 0.15) is 0 Å². The third-order valence-electron chi connectivity index (χ3n) is 4.16.